The molecule has 0 fully saturated rings. The van der Waals surface area contributed by atoms with E-state index in [2.05, 4.69) is 0 Å². The van der Waals surface area contributed by atoms with Gasteiger partial charge in [-0.3, -0.25) is 5.11 Å². The molecular weight excluding hydrogens is 128 g/mol. The quantitative estimate of drug-likeness (QED) is 0.533. The Labute approximate surface area is 59.1 Å². The number of rotatable bonds is 0. The Kier molecular flexibility index (Phi) is 1.07. The van der Waals surface area contributed by atoms with Crippen molar-refractivity contribution in [1.82, 2.24) is 0 Å². The van der Waals surface area contributed by atoms with Gasteiger partial charge in [-0.1, -0.05) is 0 Å². The first kappa shape index (κ1) is 5.59. The highest BCUT2D eigenvalue weighted by Gasteiger charge is 2.11. The van der Waals surface area contributed by atoms with Gasteiger partial charge in [0.2, 0.25) is 0 Å². The van der Waals surface area contributed by atoms with Crippen LogP contribution in [0.25, 0.3) is 0 Å². The Morgan fingerprint density at radius 1 is 1.40 bits per heavy atom. The van der Waals surface area contributed by atoms with Crippen molar-refractivity contribution in [2.45, 2.75) is 6.42 Å². The maximum absolute atomic E-state index is 10.8. The van der Waals surface area contributed by atoms with Crippen molar-refractivity contribution in [2.75, 3.05) is 6.61 Å². The second kappa shape index (κ2) is 1.90. The van der Waals surface area contributed by atoms with Gasteiger partial charge in [-0.15, -0.1) is 0 Å². The van der Waals surface area contributed by atoms with Crippen LogP contribution >= 0.6 is 0 Å². The molecule has 0 amide bonds. The maximum Gasteiger partial charge on any atom is 0.179 e. The molecule has 0 spiro atoms. The molecule has 1 radical (unpaired) electrons. The number of benzene rings is 1. The summed E-state index contributed by atoms with van der Waals surface area (Å²) >= 11 is 0. The second-order valence-corrected chi connectivity index (χ2v) is 2.37. The van der Waals surface area contributed by atoms with Crippen LogP contribution in [0.5, 0.6) is 11.5 Å². The number of fused-ring (bicyclic) bond motifs is 1. The Hall–Kier alpha value is -1.18. The molecule has 1 aromatic carbocycles. The van der Waals surface area contributed by atoms with E-state index in [4.69, 9.17) is 4.74 Å². The third-order valence-corrected chi connectivity index (χ3v) is 1.66. The van der Waals surface area contributed by atoms with Gasteiger partial charge < -0.3 is 4.74 Å². The van der Waals surface area contributed by atoms with Crippen LogP contribution in [0.2, 0.25) is 0 Å². The van der Waals surface area contributed by atoms with E-state index < -0.39 is 0 Å². The number of ether oxygens (including phenoxy) is 1. The zero-order chi connectivity index (χ0) is 6.97. The SMILES string of the molecule is [O]c1ccc2c(c1)CCO2. The maximum atomic E-state index is 10.8. The summed E-state index contributed by atoms with van der Waals surface area (Å²) in [4.78, 5) is 0. The van der Waals surface area contributed by atoms with E-state index in [1.165, 1.54) is 6.07 Å². The monoisotopic (exact) mass is 135 g/mol. The van der Waals surface area contributed by atoms with E-state index in [9.17, 15) is 5.11 Å². The lowest BCUT2D eigenvalue weighted by molar-refractivity contribution is 0.350. The summed E-state index contributed by atoms with van der Waals surface area (Å²) in [6.45, 7) is 0.721. The first-order chi connectivity index (χ1) is 4.86. The van der Waals surface area contributed by atoms with Gasteiger partial charge in [0.15, 0.2) is 5.75 Å². The minimum Gasteiger partial charge on any atom is -0.493 e. The van der Waals surface area contributed by atoms with Crippen molar-refractivity contribution in [3.8, 4) is 11.5 Å². The molecule has 0 saturated carbocycles. The molecule has 1 aliphatic heterocycles. The fraction of sp³-hybridized carbons (Fsp3) is 0.250. The lowest BCUT2D eigenvalue weighted by Crippen LogP contribution is -1.85. The van der Waals surface area contributed by atoms with Crippen molar-refractivity contribution in [2.24, 2.45) is 0 Å². The van der Waals surface area contributed by atoms with Crippen LogP contribution in [-0.2, 0) is 11.5 Å². The summed E-state index contributed by atoms with van der Waals surface area (Å²) in [6.07, 6.45) is 0.880. The highest BCUT2D eigenvalue weighted by Crippen LogP contribution is 2.28. The average molecular weight is 135 g/mol. The third-order valence-electron chi connectivity index (χ3n) is 1.66. The molecule has 1 aromatic rings. The van der Waals surface area contributed by atoms with E-state index in [1.807, 2.05) is 0 Å². The summed E-state index contributed by atoms with van der Waals surface area (Å²) in [5, 5.41) is 10.8. The molecule has 0 atom stereocenters. The standard InChI is InChI=1S/C8H7O2/c9-7-1-2-8-6(5-7)3-4-10-8/h1-2,5H,3-4H2. The molecule has 0 saturated heterocycles. The zero-order valence-electron chi connectivity index (χ0n) is 5.46. The van der Waals surface area contributed by atoms with Crippen molar-refractivity contribution >= 4 is 0 Å². The average Bonchev–Trinajstić information content (AvgIpc) is 2.33. The van der Waals surface area contributed by atoms with Crippen molar-refractivity contribution < 1.29 is 9.84 Å². The molecule has 2 rings (SSSR count). The molecule has 1 aliphatic rings. The van der Waals surface area contributed by atoms with Gasteiger partial charge in [0.1, 0.15) is 5.75 Å². The lowest BCUT2D eigenvalue weighted by Gasteiger charge is -1.95. The summed E-state index contributed by atoms with van der Waals surface area (Å²) in [7, 11) is 0. The van der Waals surface area contributed by atoms with Crippen molar-refractivity contribution in [3.63, 3.8) is 0 Å². The van der Waals surface area contributed by atoms with Gasteiger partial charge in [-0.25, -0.2) is 0 Å². The van der Waals surface area contributed by atoms with Crippen LogP contribution in [-0.4, -0.2) is 6.61 Å². The van der Waals surface area contributed by atoms with E-state index in [0.29, 0.717) is 0 Å². The Morgan fingerprint density at radius 2 is 2.30 bits per heavy atom. The van der Waals surface area contributed by atoms with E-state index in [-0.39, 0.29) is 5.75 Å². The zero-order valence-corrected chi connectivity index (χ0v) is 5.46. The van der Waals surface area contributed by atoms with Gasteiger partial charge in [0.25, 0.3) is 0 Å². The molecule has 1 heterocycles. The molecule has 0 aromatic heterocycles. The predicted octanol–water partition coefficient (Wildman–Crippen LogP) is 1.77. The predicted molar refractivity (Wildman–Crippen MR) is 35.8 cm³/mol. The largest absolute Gasteiger partial charge is 0.493 e. The van der Waals surface area contributed by atoms with Crippen LogP contribution in [0.4, 0.5) is 0 Å². The minimum absolute atomic E-state index is 0.0734. The van der Waals surface area contributed by atoms with Crippen LogP contribution in [0, 0.1) is 0 Å². The van der Waals surface area contributed by atoms with Crippen LogP contribution in [0.15, 0.2) is 18.2 Å². The second-order valence-electron chi connectivity index (χ2n) is 2.37. The molecule has 2 nitrogen and oxygen atoms in total. The topological polar surface area (TPSA) is 29.1 Å². The Morgan fingerprint density at radius 3 is 3.20 bits per heavy atom. The van der Waals surface area contributed by atoms with Crippen molar-refractivity contribution in [1.29, 1.82) is 0 Å². The fourth-order valence-electron chi connectivity index (χ4n) is 1.16. The summed E-state index contributed by atoms with van der Waals surface area (Å²) < 4.78 is 5.21. The van der Waals surface area contributed by atoms with E-state index >= 15 is 0 Å². The normalized spacial score (nSPS) is 14.4. The van der Waals surface area contributed by atoms with Gasteiger partial charge in [-0.2, -0.15) is 0 Å². The van der Waals surface area contributed by atoms with Gasteiger partial charge in [-0.05, 0) is 18.2 Å². The van der Waals surface area contributed by atoms with Crippen LogP contribution < -0.4 is 4.74 Å². The molecule has 51 valence electrons. The third kappa shape index (κ3) is 0.727. The molecule has 0 bridgehead atoms. The Balaban J connectivity index is 2.52. The molecule has 10 heavy (non-hydrogen) atoms. The van der Waals surface area contributed by atoms with Crippen molar-refractivity contribution in [3.05, 3.63) is 23.8 Å². The number of hydrogen-bond donors (Lipinski definition) is 0. The lowest BCUT2D eigenvalue weighted by atomic mass is 10.2. The first-order valence-electron chi connectivity index (χ1n) is 3.29. The molecule has 0 aliphatic carbocycles. The summed E-state index contributed by atoms with van der Waals surface area (Å²) in [5.41, 5.74) is 1.05. The van der Waals surface area contributed by atoms with E-state index in [0.717, 1.165) is 24.3 Å². The van der Waals surface area contributed by atoms with Gasteiger partial charge >= 0.3 is 0 Å². The highest BCUT2D eigenvalue weighted by molar-refractivity contribution is 5.41. The number of hydrogen-bond acceptors (Lipinski definition) is 1. The van der Waals surface area contributed by atoms with Gasteiger partial charge in [0, 0.05) is 12.0 Å². The van der Waals surface area contributed by atoms with E-state index in [1.54, 1.807) is 12.1 Å². The van der Waals surface area contributed by atoms with Gasteiger partial charge in [0.05, 0.1) is 6.61 Å². The summed E-state index contributed by atoms with van der Waals surface area (Å²) in [6, 6.07) is 4.91. The Bertz CT molecular complexity index is 255. The molecule has 0 unspecified atom stereocenters. The fourth-order valence-corrected chi connectivity index (χ4v) is 1.16. The summed E-state index contributed by atoms with van der Waals surface area (Å²) in [5.74, 6) is 0.948. The van der Waals surface area contributed by atoms with Crippen LogP contribution in [0.3, 0.4) is 0 Å². The molecule has 2 heteroatoms. The smallest absolute Gasteiger partial charge is 0.179 e. The molecular formula is C8H7O2. The van der Waals surface area contributed by atoms with Crippen LogP contribution in [0.1, 0.15) is 5.56 Å². The first-order valence-corrected chi connectivity index (χ1v) is 3.29. The molecule has 0 N–H and O–H groups in total. The highest BCUT2D eigenvalue weighted by atomic mass is 16.5. The minimum atomic E-state index is 0.0734.